The molecule has 0 unspecified atom stereocenters. The van der Waals surface area contributed by atoms with Gasteiger partial charge in [-0.25, -0.2) is 14.6 Å². The van der Waals surface area contributed by atoms with E-state index in [1.54, 1.807) is 63.2 Å². The van der Waals surface area contributed by atoms with Crippen LogP contribution in [0.3, 0.4) is 0 Å². The van der Waals surface area contributed by atoms with Crippen molar-refractivity contribution in [3.8, 4) is 22.9 Å². The van der Waals surface area contributed by atoms with Crippen LogP contribution in [0.25, 0.3) is 22.3 Å². The number of nitrogens with one attached hydrogen (secondary N) is 5. The first-order chi connectivity index (χ1) is 37.4. The van der Waals surface area contributed by atoms with Gasteiger partial charge < -0.3 is 59.9 Å². The topological polar surface area (TPSA) is 318 Å². The number of imide groups is 1. The molecule has 0 fully saturated rings. The van der Waals surface area contributed by atoms with Gasteiger partial charge in [0.15, 0.2) is 17.1 Å². The number of ether oxygens (including phenoxy) is 5. The zero-order valence-electron chi connectivity index (χ0n) is 44.7. The Balaban J connectivity index is 0.895. The highest BCUT2D eigenvalue weighted by Gasteiger charge is 2.43. The summed E-state index contributed by atoms with van der Waals surface area (Å²) in [5.41, 5.74) is 0.180. The lowest BCUT2D eigenvalue weighted by molar-refractivity contribution is -0.169. The molecule has 0 saturated carbocycles. The van der Waals surface area contributed by atoms with Gasteiger partial charge in [-0.3, -0.25) is 43.3 Å². The molecule has 0 spiro atoms. The van der Waals surface area contributed by atoms with E-state index in [1.165, 1.54) is 18.4 Å². The second-order valence-corrected chi connectivity index (χ2v) is 21.1. The summed E-state index contributed by atoms with van der Waals surface area (Å²) in [6.45, 7) is 10.9. The molecule has 4 atom stereocenters. The number of amides is 7. The number of nitrogens with zero attached hydrogens (tertiary/aromatic N) is 3. The van der Waals surface area contributed by atoms with E-state index in [-0.39, 0.29) is 88.1 Å². The third-order valence-corrected chi connectivity index (χ3v) is 13.5. The first kappa shape index (κ1) is 56.5. The van der Waals surface area contributed by atoms with Crippen molar-refractivity contribution < 1.29 is 71.9 Å². The minimum absolute atomic E-state index is 0.00567. The minimum Gasteiger partial charge on any atom is -0.460 e. The lowest BCUT2D eigenvalue weighted by atomic mass is 9.89. The fourth-order valence-electron chi connectivity index (χ4n) is 9.28. The Bertz CT molecular complexity index is 3230. The summed E-state index contributed by atoms with van der Waals surface area (Å²) in [6.07, 6.45) is 1.46. The molecule has 8 rings (SSSR count). The molecule has 79 heavy (non-hydrogen) atoms. The summed E-state index contributed by atoms with van der Waals surface area (Å²) >= 11 is 0. The lowest BCUT2D eigenvalue weighted by Crippen LogP contribution is -2.55. The van der Waals surface area contributed by atoms with Crippen molar-refractivity contribution in [1.29, 1.82) is 0 Å². The van der Waals surface area contributed by atoms with Crippen molar-refractivity contribution in [2.45, 2.75) is 136 Å². The Hall–Kier alpha value is -8.67. The molecule has 24 heteroatoms. The van der Waals surface area contributed by atoms with Crippen LogP contribution in [0, 0.1) is 5.92 Å². The van der Waals surface area contributed by atoms with Gasteiger partial charge in [-0.15, -0.1) is 0 Å². The molecule has 0 saturated heterocycles. The first-order valence-electron chi connectivity index (χ1n) is 25.7. The number of pyridine rings is 2. The van der Waals surface area contributed by atoms with E-state index in [0.717, 1.165) is 17.1 Å². The number of aromatic nitrogens is 2. The number of benzene rings is 2. The molecule has 2 aromatic carbocycles. The number of hydrogen-bond acceptors (Lipinski definition) is 17. The number of anilines is 1. The molecule has 4 aliphatic heterocycles. The largest absolute Gasteiger partial charge is 0.460 e. The van der Waals surface area contributed by atoms with Gasteiger partial charge in [0.2, 0.25) is 30.4 Å². The monoisotopic (exact) mass is 1090 g/mol. The number of esters is 2. The van der Waals surface area contributed by atoms with Gasteiger partial charge in [0.25, 0.3) is 17.4 Å². The molecule has 0 aliphatic carbocycles. The van der Waals surface area contributed by atoms with E-state index in [4.69, 9.17) is 28.7 Å². The first-order valence-corrected chi connectivity index (χ1v) is 25.7. The summed E-state index contributed by atoms with van der Waals surface area (Å²) in [6, 6.07) is 7.69. The number of alkyl carbamates (subject to hydrolysis) is 1. The number of carbonyl (C=O) groups is 9. The van der Waals surface area contributed by atoms with Crippen LogP contribution in [0.2, 0.25) is 0 Å². The van der Waals surface area contributed by atoms with Gasteiger partial charge in [-0.2, -0.15) is 0 Å². The molecule has 2 aromatic heterocycles. The smallest absolute Gasteiger partial charge is 0.407 e. The number of cyclic esters (lactones) is 1. The van der Waals surface area contributed by atoms with Crippen molar-refractivity contribution in [3.05, 3.63) is 92.8 Å². The lowest BCUT2D eigenvalue weighted by Gasteiger charge is -2.29. The standard InChI is InChI=1S/C55H62N8O16/c1-28(2)8-13-37(59-43(64)18-19-62-44(65)15-16-45(62)66)49(69)57-29(3)48(68)61-38(14-17-46(67)79-54(4,5)6)50(70)58-31-11-9-30(10-12-31)25-76-53(73)56-23-33-32-20-41-42(78-27-77-41)22-39(32)60-47-34(33)24-63-40(47)21-36-35(51(63)71)26-75-52(72)55(36,7)74/h9-12,15-16,20-22,28-29,37-38,74H,8,13-14,17-19,23-27H2,1-7H3,(H,56,73)(H,57,69)(H,58,70)(H,59,64)(H,61,68)/t29-,37+,38-,55-/m0/s1. The predicted octanol–water partition coefficient (Wildman–Crippen LogP) is 3.13. The van der Waals surface area contributed by atoms with E-state index in [9.17, 15) is 53.1 Å². The van der Waals surface area contributed by atoms with Gasteiger partial charge in [-0.1, -0.05) is 26.0 Å². The summed E-state index contributed by atoms with van der Waals surface area (Å²) in [4.78, 5) is 136. The fraction of sp³-hybridized carbons (Fsp3) is 0.436. The van der Waals surface area contributed by atoms with E-state index < -0.39 is 88.4 Å². The Kier molecular flexibility index (Phi) is 16.5. The number of aliphatic hydroxyl groups is 1. The third-order valence-electron chi connectivity index (χ3n) is 13.5. The van der Waals surface area contributed by atoms with Crippen molar-refractivity contribution in [2.24, 2.45) is 5.92 Å². The number of rotatable bonds is 20. The molecule has 0 radical (unpaired) electrons. The molecule has 418 valence electrons. The summed E-state index contributed by atoms with van der Waals surface area (Å²) < 4.78 is 28.9. The van der Waals surface area contributed by atoms with Crippen LogP contribution in [0.4, 0.5) is 10.5 Å². The zero-order chi connectivity index (χ0) is 57.1. The highest BCUT2D eigenvalue weighted by atomic mass is 16.7. The van der Waals surface area contributed by atoms with Crippen molar-refractivity contribution in [2.75, 3.05) is 18.7 Å². The van der Waals surface area contributed by atoms with Crippen LogP contribution < -0.4 is 41.6 Å². The van der Waals surface area contributed by atoms with Gasteiger partial charge in [0, 0.05) is 66.4 Å². The highest BCUT2D eigenvalue weighted by molar-refractivity contribution is 6.13. The quantitative estimate of drug-likeness (QED) is 0.0370. The van der Waals surface area contributed by atoms with Crippen LogP contribution in [-0.2, 0) is 84.5 Å². The van der Waals surface area contributed by atoms with Gasteiger partial charge in [-0.05, 0) is 95.2 Å². The molecule has 6 heterocycles. The normalized spacial score (nSPS) is 17.0. The summed E-state index contributed by atoms with van der Waals surface area (Å²) in [5.74, 6) is -4.28. The molecule has 7 amide bonds. The van der Waals surface area contributed by atoms with Crippen molar-refractivity contribution >= 4 is 70.1 Å². The van der Waals surface area contributed by atoms with E-state index >= 15 is 0 Å². The maximum atomic E-state index is 13.8. The molecular formula is C55H62N8O16. The molecule has 4 aliphatic rings. The zero-order valence-corrected chi connectivity index (χ0v) is 44.7. The van der Waals surface area contributed by atoms with Crippen molar-refractivity contribution in [3.63, 3.8) is 0 Å². The Morgan fingerprint density at radius 1 is 0.810 bits per heavy atom. The van der Waals surface area contributed by atoms with Gasteiger partial charge >= 0.3 is 18.0 Å². The van der Waals surface area contributed by atoms with E-state index in [1.807, 2.05) is 13.8 Å². The highest BCUT2D eigenvalue weighted by Crippen LogP contribution is 2.43. The minimum atomic E-state index is -2.07. The second kappa shape index (κ2) is 23.1. The van der Waals surface area contributed by atoms with E-state index in [0.29, 0.717) is 56.9 Å². The molecule has 4 aromatic rings. The number of carbonyl (C=O) groups excluding carboxylic acids is 9. The summed E-state index contributed by atoms with van der Waals surface area (Å²) in [7, 11) is 0. The summed E-state index contributed by atoms with van der Waals surface area (Å²) in [5, 5.41) is 25.1. The Morgan fingerprint density at radius 2 is 1.49 bits per heavy atom. The maximum absolute atomic E-state index is 13.8. The molecule has 24 nitrogen and oxygen atoms in total. The SMILES string of the molecule is CC(C)CC[C@@H](NC(=O)CCN1C(=O)C=CC1=O)C(=O)N[C@@H](C)C(=O)N[C@@H](CCC(=O)OC(C)(C)C)C(=O)Nc1ccc(COC(=O)NCc2c3c(nc4cc5c(cc24)OCO5)-c2cc4c(c(=O)n2C3)COC(=O)[C@@]4(C)O)cc1. The molecule has 0 bridgehead atoms. The third kappa shape index (κ3) is 13.0. The van der Waals surface area contributed by atoms with Crippen LogP contribution in [-0.4, -0.2) is 110 Å². The Morgan fingerprint density at radius 3 is 2.18 bits per heavy atom. The number of hydrogen-bond donors (Lipinski definition) is 6. The maximum Gasteiger partial charge on any atom is 0.407 e. The number of fused-ring (bicyclic) bond motifs is 6. The van der Waals surface area contributed by atoms with Crippen molar-refractivity contribution in [1.82, 2.24) is 35.7 Å². The van der Waals surface area contributed by atoms with Crippen LogP contribution in [0.5, 0.6) is 11.5 Å². The van der Waals surface area contributed by atoms with Crippen LogP contribution in [0.1, 0.15) is 108 Å². The van der Waals surface area contributed by atoms with Crippen LogP contribution in [0.15, 0.2) is 59.4 Å². The van der Waals surface area contributed by atoms with Gasteiger partial charge in [0.1, 0.15) is 36.9 Å². The van der Waals surface area contributed by atoms with Crippen LogP contribution >= 0.6 is 0 Å². The second-order valence-electron chi connectivity index (χ2n) is 21.1. The van der Waals surface area contributed by atoms with E-state index in [2.05, 4.69) is 26.6 Å². The average molecular weight is 1090 g/mol. The van der Waals surface area contributed by atoms with Gasteiger partial charge in [0.05, 0.1) is 29.0 Å². The molecular weight excluding hydrogens is 1030 g/mol. The predicted molar refractivity (Wildman–Crippen MR) is 279 cm³/mol. The average Bonchev–Trinajstić information content (AvgIpc) is 4.29. The fourth-order valence-corrected chi connectivity index (χ4v) is 9.28. The Labute approximate surface area is 452 Å². The molecule has 6 N–H and O–H groups in total.